The third-order valence-corrected chi connectivity index (χ3v) is 6.22. The van der Waals surface area contributed by atoms with Gasteiger partial charge in [0.1, 0.15) is 24.7 Å². The molecule has 0 aliphatic carbocycles. The Hall–Kier alpha value is -3.41. The van der Waals surface area contributed by atoms with Crippen molar-refractivity contribution in [2.75, 3.05) is 11.4 Å². The minimum Gasteiger partial charge on any atom is -0.344 e. The van der Waals surface area contributed by atoms with Gasteiger partial charge in [0.05, 0.1) is 11.8 Å². The number of hydrogen-bond donors (Lipinski definition) is 3. The second-order valence-electron chi connectivity index (χ2n) is 8.39. The number of para-hydroxylation sites is 1. The average molecular weight is 440 g/mol. The molecule has 0 saturated heterocycles. The Morgan fingerprint density at radius 3 is 2.66 bits per heavy atom. The number of benzene rings is 1. The van der Waals surface area contributed by atoms with E-state index in [1.54, 1.807) is 0 Å². The van der Waals surface area contributed by atoms with Crippen LogP contribution in [0.3, 0.4) is 0 Å². The standard InChI is InChI=1S/C23H29N5O4/c1-4-13(2)19(26-14(3)29)22(31)27-17-9-8-15-6-5-7-16-12-18(21(30)25-11-10-24)28(20(15)16)23(17)32/h5-7,13,17-19H,4,8-9,11-12H2,1-3H3,(H,25,30)(H,26,29)(H,27,31)/t13?,17-,18-,19-/m0/s1. The summed E-state index contributed by atoms with van der Waals surface area (Å²) in [5.74, 6) is -1.60. The summed E-state index contributed by atoms with van der Waals surface area (Å²) in [4.78, 5) is 52.4. The number of anilines is 1. The lowest BCUT2D eigenvalue weighted by Gasteiger charge is -2.29. The first-order valence-corrected chi connectivity index (χ1v) is 10.9. The number of amides is 4. The third kappa shape index (κ3) is 4.59. The fraction of sp³-hybridized carbons (Fsp3) is 0.522. The summed E-state index contributed by atoms with van der Waals surface area (Å²) in [6, 6.07) is 5.25. The van der Waals surface area contributed by atoms with Gasteiger partial charge in [-0.25, -0.2) is 0 Å². The zero-order valence-corrected chi connectivity index (χ0v) is 18.6. The summed E-state index contributed by atoms with van der Waals surface area (Å²) >= 11 is 0. The van der Waals surface area contributed by atoms with Crippen LogP contribution in [-0.2, 0) is 32.0 Å². The van der Waals surface area contributed by atoms with E-state index in [2.05, 4.69) is 16.0 Å². The van der Waals surface area contributed by atoms with Crippen LogP contribution >= 0.6 is 0 Å². The number of rotatable bonds is 7. The lowest BCUT2D eigenvalue weighted by molar-refractivity contribution is -0.132. The second-order valence-corrected chi connectivity index (χ2v) is 8.39. The van der Waals surface area contributed by atoms with Crippen LogP contribution in [0.1, 0.15) is 44.7 Å². The molecule has 0 fully saturated rings. The maximum Gasteiger partial charge on any atom is 0.250 e. The maximum atomic E-state index is 13.6. The van der Waals surface area contributed by atoms with Crippen LogP contribution in [0.5, 0.6) is 0 Å². The summed E-state index contributed by atoms with van der Waals surface area (Å²) in [6.07, 6.45) is 1.99. The summed E-state index contributed by atoms with van der Waals surface area (Å²) in [7, 11) is 0. The highest BCUT2D eigenvalue weighted by Crippen LogP contribution is 2.39. The van der Waals surface area contributed by atoms with Crippen LogP contribution in [0.25, 0.3) is 0 Å². The number of nitrogens with zero attached hydrogens (tertiary/aromatic N) is 2. The molecule has 4 atom stereocenters. The molecule has 1 aromatic rings. The summed E-state index contributed by atoms with van der Waals surface area (Å²) < 4.78 is 0. The summed E-state index contributed by atoms with van der Waals surface area (Å²) in [5, 5.41) is 16.9. The first kappa shape index (κ1) is 23.3. The van der Waals surface area contributed by atoms with Gasteiger partial charge < -0.3 is 16.0 Å². The minimum absolute atomic E-state index is 0.111. The van der Waals surface area contributed by atoms with Crippen LogP contribution < -0.4 is 20.9 Å². The molecule has 9 heteroatoms. The van der Waals surface area contributed by atoms with Crippen LogP contribution in [0.15, 0.2) is 18.2 Å². The topological polar surface area (TPSA) is 131 Å². The zero-order valence-electron chi connectivity index (χ0n) is 18.6. The Kier molecular flexibility index (Phi) is 7.13. The lowest BCUT2D eigenvalue weighted by atomic mass is 9.97. The van der Waals surface area contributed by atoms with E-state index in [0.29, 0.717) is 25.7 Å². The van der Waals surface area contributed by atoms with E-state index < -0.39 is 29.9 Å². The van der Waals surface area contributed by atoms with E-state index >= 15 is 0 Å². The molecule has 9 nitrogen and oxygen atoms in total. The van der Waals surface area contributed by atoms with Crippen LogP contribution in [0.4, 0.5) is 5.69 Å². The van der Waals surface area contributed by atoms with Gasteiger partial charge in [0, 0.05) is 13.3 Å². The number of nitrogens with one attached hydrogen (secondary N) is 3. The van der Waals surface area contributed by atoms with Crippen molar-refractivity contribution in [2.24, 2.45) is 5.92 Å². The van der Waals surface area contributed by atoms with Crippen LogP contribution in [0, 0.1) is 17.2 Å². The van der Waals surface area contributed by atoms with Crippen molar-refractivity contribution in [1.82, 2.24) is 16.0 Å². The highest BCUT2D eigenvalue weighted by Gasteiger charge is 2.44. The average Bonchev–Trinajstić information content (AvgIpc) is 3.11. The van der Waals surface area contributed by atoms with Gasteiger partial charge in [0.2, 0.25) is 23.6 Å². The highest BCUT2D eigenvalue weighted by atomic mass is 16.2. The molecule has 4 amide bonds. The van der Waals surface area contributed by atoms with Crippen molar-refractivity contribution in [3.8, 4) is 6.07 Å². The number of nitriles is 1. The molecule has 1 aromatic carbocycles. The zero-order chi connectivity index (χ0) is 23.4. The Morgan fingerprint density at radius 1 is 1.28 bits per heavy atom. The molecule has 32 heavy (non-hydrogen) atoms. The third-order valence-electron chi connectivity index (χ3n) is 6.22. The minimum atomic E-state index is -0.826. The number of hydrogen-bond acceptors (Lipinski definition) is 5. The van der Waals surface area contributed by atoms with Gasteiger partial charge in [-0.15, -0.1) is 0 Å². The van der Waals surface area contributed by atoms with Crippen molar-refractivity contribution in [3.05, 3.63) is 29.3 Å². The second kappa shape index (κ2) is 9.81. The normalized spacial score (nSPS) is 20.9. The largest absolute Gasteiger partial charge is 0.344 e. The van der Waals surface area contributed by atoms with Crippen molar-refractivity contribution in [2.45, 2.75) is 64.6 Å². The number of aryl methyl sites for hydroxylation is 1. The molecule has 0 saturated carbocycles. The van der Waals surface area contributed by atoms with Crippen LogP contribution in [0.2, 0.25) is 0 Å². The van der Waals surface area contributed by atoms with Crippen molar-refractivity contribution >= 4 is 29.3 Å². The molecule has 0 radical (unpaired) electrons. The highest BCUT2D eigenvalue weighted by molar-refractivity contribution is 6.08. The van der Waals surface area contributed by atoms with E-state index in [4.69, 9.17) is 5.26 Å². The first-order chi connectivity index (χ1) is 15.3. The van der Waals surface area contributed by atoms with Crippen LogP contribution in [-0.4, -0.2) is 48.3 Å². The van der Waals surface area contributed by atoms with E-state index in [9.17, 15) is 19.2 Å². The molecule has 0 aromatic heterocycles. The van der Waals surface area contributed by atoms with Gasteiger partial charge in [0.25, 0.3) is 0 Å². The Labute approximate surface area is 187 Å². The molecular weight excluding hydrogens is 410 g/mol. The molecule has 2 aliphatic rings. The fourth-order valence-electron chi connectivity index (χ4n) is 4.40. The predicted octanol–water partition coefficient (Wildman–Crippen LogP) is 0.566. The van der Waals surface area contributed by atoms with E-state index in [1.807, 2.05) is 38.1 Å². The molecule has 0 spiro atoms. The van der Waals surface area contributed by atoms with Gasteiger partial charge in [-0.3, -0.25) is 24.1 Å². The molecule has 3 rings (SSSR count). The smallest absolute Gasteiger partial charge is 0.250 e. The molecular formula is C23H29N5O4. The molecule has 1 unspecified atom stereocenters. The number of carbonyl (C=O) groups is 4. The SMILES string of the molecule is CCC(C)[C@H](NC(C)=O)C(=O)N[C@H]1CCc2cccc3c2N(C1=O)[C@H](C(=O)NCC#N)C3. The molecule has 2 aliphatic heterocycles. The quantitative estimate of drug-likeness (QED) is 0.535. The molecule has 3 N–H and O–H groups in total. The van der Waals surface area contributed by atoms with Crippen molar-refractivity contribution in [3.63, 3.8) is 0 Å². The van der Waals surface area contributed by atoms with Crippen molar-refractivity contribution < 1.29 is 19.2 Å². The van der Waals surface area contributed by atoms with Gasteiger partial charge in [-0.1, -0.05) is 38.5 Å². The van der Waals surface area contributed by atoms with E-state index in [-0.39, 0.29) is 24.3 Å². The number of carbonyl (C=O) groups excluding carboxylic acids is 4. The Bertz CT molecular complexity index is 970. The Balaban J connectivity index is 1.88. The molecule has 2 heterocycles. The van der Waals surface area contributed by atoms with E-state index in [0.717, 1.165) is 16.8 Å². The summed E-state index contributed by atoms with van der Waals surface area (Å²) in [6.45, 7) is 5.00. The monoisotopic (exact) mass is 439 g/mol. The maximum absolute atomic E-state index is 13.6. The summed E-state index contributed by atoms with van der Waals surface area (Å²) in [5.41, 5.74) is 2.57. The lowest BCUT2D eigenvalue weighted by Crippen LogP contribution is -2.58. The van der Waals surface area contributed by atoms with Gasteiger partial charge in [-0.2, -0.15) is 5.26 Å². The van der Waals surface area contributed by atoms with E-state index in [1.165, 1.54) is 11.8 Å². The Morgan fingerprint density at radius 2 is 2.00 bits per heavy atom. The molecule has 170 valence electrons. The predicted molar refractivity (Wildman–Crippen MR) is 117 cm³/mol. The fourth-order valence-corrected chi connectivity index (χ4v) is 4.40. The van der Waals surface area contributed by atoms with Gasteiger partial charge in [-0.05, 0) is 29.9 Å². The molecule has 0 bridgehead atoms. The van der Waals surface area contributed by atoms with Gasteiger partial charge >= 0.3 is 0 Å². The first-order valence-electron chi connectivity index (χ1n) is 10.9. The van der Waals surface area contributed by atoms with Crippen molar-refractivity contribution in [1.29, 1.82) is 5.26 Å². The van der Waals surface area contributed by atoms with Gasteiger partial charge in [0.15, 0.2) is 0 Å².